The zero-order valence-electron chi connectivity index (χ0n) is 16.3. The molecule has 2 aromatic carbocycles. The zero-order valence-corrected chi connectivity index (χ0v) is 16.3. The second-order valence-corrected chi connectivity index (χ2v) is 7.55. The van der Waals surface area contributed by atoms with Crippen LogP contribution in [0.4, 0.5) is 5.69 Å². The number of hydrogen-bond acceptors (Lipinski definition) is 4. The smallest absolute Gasteiger partial charge is 0.170 e. The Labute approximate surface area is 161 Å². The van der Waals surface area contributed by atoms with Crippen molar-refractivity contribution < 1.29 is 14.2 Å². The molecule has 0 bridgehead atoms. The first kappa shape index (κ1) is 18.1. The molecule has 142 valence electrons. The first-order valence-electron chi connectivity index (χ1n) is 9.51. The lowest BCUT2D eigenvalue weighted by Crippen LogP contribution is -2.51. The van der Waals surface area contributed by atoms with E-state index in [1.165, 1.54) is 11.3 Å². The van der Waals surface area contributed by atoms with Gasteiger partial charge in [-0.15, -0.1) is 0 Å². The Bertz CT molecular complexity index is 845. The Hall–Kier alpha value is -2.30. The van der Waals surface area contributed by atoms with Crippen LogP contribution in [0.1, 0.15) is 25.0 Å². The number of benzene rings is 2. The van der Waals surface area contributed by atoms with Crippen LogP contribution >= 0.6 is 0 Å². The van der Waals surface area contributed by atoms with Crippen LogP contribution in [0.15, 0.2) is 54.6 Å². The van der Waals surface area contributed by atoms with Crippen LogP contribution in [0.25, 0.3) is 6.08 Å². The minimum atomic E-state index is -0.476. The molecule has 4 rings (SSSR count). The summed E-state index contributed by atoms with van der Waals surface area (Å²) in [6.45, 7) is 7.27. The van der Waals surface area contributed by atoms with Crippen LogP contribution in [-0.2, 0) is 14.9 Å². The van der Waals surface area contributed by atoms with Crippen LogP contribution in [0.3, 0.4) is 0 Å². The fourth-order valence-corrected chi connectivity index (χ4v) is 4.32. The predicted molar refractivity (Wildman–Crippen MR) is 108 cm³/mol. The summed E-state index contributed by atoms with van der Waals surface area (Å²) in [7, 11) is 1.68. The lowest BCUT2D eigenvalue weighted by Gasteiger charge is -2.39. The Morgan fingerprint density at radius 2 is 1.85 bits per heavy atom. The van der Waals surface area contributed by atoms with Crippen LogP contribution in [0.2, 0.25) is 0 Å². The van der Waals surface area contributed by atoms with E-state index in [2.05, 4.69) is 61.2 Å². The zero-order chi connectivity index (χ0) is 18.9. The Kier molecular flexibility index (Phi) is 4.70. The summed E-state index contributed by atoms with van der Waals surface area (Å²) in [5, 5.41) is 0. The van der Waals surface area contributed by atoms with E-state index < -0.39 is 5.72 Å². The van der Waals surface area contributed by atoms with Gasteiger partial charge in [0, 0.05) is 30.3 Å². The summed E-state index contributed by atoms with van der Waals surface area (Å²) in [6, 6.07) is 16.7. The largest absolute Gasteiger partial charge is 0.491 e. The number of rotatable bonds is 6. The Morgan fingerprint density at radius 1 is 1.07 bits per heavy atom. The van der Waals surface area contributed by atoms with E-state index in [0.29, 0.717) is 13.2 Å². The molecule has 0 radical (unpaired) electrons. The van der Waals surface area contributed by atoms with Gasteiger partial charge in [-0.25, -0.2) is 0 Å². The van der Waals surface area contributed by atoms with Crippen molar-refractivity contribution in [3.05, 3.63) is 65.7 Å². The molecule has 1 unspecified atom stereocenters. The van der Waals surface area contributed by atoms with Crippen molar-refractivity contribution in [1.29, 1.82) is 0 Å². The van der Waals surface area contributed by atoms with Gasteiger partial charge in [0.05, 0.1) is 13.2 Å². The van der Waals surface area contributed by atoms with Crippen LogP contribution in [0.5, 0.6) is 5.75 Å². The van der Waals surface area contributed by atoms with Crippen molar-refractivity contribution in [3.63, 3.8) is 0 Å². The quantitative estimate of drug-likeness (QED) is 0.716. The lowest BCUT2D eigenvalue weighted by atomic mass is 9.77. The SMILES string of the molecule is COCCOc1ccccc1C=CC12OCCN1c1ccccc1C2(C)C. The molecule has 0 N–H and O–H groups in total. The number of anilines is 1. The summed E-state index contributed by atoms with van der Waals surface area (Å²) in [6.07, 6.45) is 4.34. The first-order valence-corrected chi connectivity index (χ1v) is 9.51. The van der Waals surface area contributed by atoms with Gasteiger partial charge >= 0.3 is 0 Å². The summed E-state index contributed by atoms with van der Waals surface area (Å²) in [5.74, 6) is 0.861. The van der Waals surface area contributed by atoms with Crippen molar-refractivity contribution in [2.45, 2.75) is 25.0 Å². The van der Waals surface area contributed by atoms with Gasteiger partial charge in [-0.3, -0.25) is 0 Å². The van der Waals surface area contributed by atoms with Gasteiger partial charge in [-0.2, -0.15) is 0 Å². The Balaban J connectivity index is 1.68. The van der Waals surface area contributed by atoms with Crippen LogP contribution in [-0.4, -0.2) is 39.2 Å². The van der Waals surface area contributed by atoms with Crippen molar-refractivity contribution in [1.82, 2.24) is 0 Å². The van der Waals surface area contributed by atoms with Crippen LogP contribution in [0, 0.1) is 0 Å². The standard InChI is InChI=1S/C23H27NO3/c1-22(2)19-9-5-6-10-20(19)24-14-15-27-23(22,24)13-12-18-8-4-7-11-21(18)26-17-16-25-3/h4-13H,14-17H2,1-3H3. The molecule has 0 spiro atoms. The van der Waals surface area contributed by atoms with E-state index in [0.717, 1.165) is 24.5 Å². The minimum Gasteiger partial charge on any atom is -0.491 e. The maximum absolute atomic E-state index is 6.40. The van der Waals surface area contributed by atoms with E-state index in [9.17, 15) is 0 Å². The van der Waals surface area contributed by atoms with Gasteiger partial charge in [-0.1, -0.05) is 56.3 Å². The van der Waals surface area contributed by atoms with Gasteiger partial charge in [-0.05, 0) is 23.8 Å². The number of methoxy groups -OCH3 is 1. The van der Waals surface area contributed by atoms with Crippen LogP contribution < -0.4 is 9.64 Å². The molecule has 0 saturated carbocycles. The van der Waals surface area contributed by atoms with E-state index in [1.807, 2.05) is 18.2 Å². The fraction of sp³-hybridized carbons (Fsp3) is 0.391. The maximum atomic E-state index is 6.40. The van der Waals surface area contributed by atoms with E-state index in [1.54, 1.807) is 7.11 Å². The molecule has 2 aliphatic rings. The molecule has 0 aromatic heterocycles. The summed E-state index contributed by atoms with van der Waals surface area (Å²) in [5.41, 5.74) is 3.03. The molecular formula is C23H27NO3. The normalized spacial score (nSPS) is 22.9. The lowest BCUT2D eigenvalue weighted by molar-refractivity contribution is 0.000331. The van der Waals surface area contributed by atoms with Gasteiger partial charge in [0.25, 0.3) is 0 Å². The topological polar surface area (TPSA) is 30.9 Å². The van der Waals surface area contributed by atoms with Gasteiger partial charge in [0.2, 0.25) is 0 Å². The predicted octanol–water partition coefficient (Wildman–Crippen LogP) is 4.25. The molecule has 4 heteroatoms. The first-order chi connectivity index (χ1) is 13.1. The number of nitrogens with zero attached hydrogens (tertiary/aromatic N) is 1. The van der Waals surface area contributed by atoms with Gasteiger partial charge < -0.3 is 19.1 Å². The summed E-state index contributed by atoms with van der Waals surface area (Å²) in [4.78, 5) is 2.40. The molecule has 2 aliphatic heterocycles. The second kappa shape index (κ2) is 7.02. The van der Waals surface area contributed by atoms with E-state index in [4.69, 9.17) is 14.2 Å². The number of para-hydroxylation sites is 2. The Morgan fingerprint density at radius 3 is 2.70 bits per heavy atom. The number of fused-ring (bicyclic) bond motifs is 3. The molecule has 27 heavy (non-hydrogen) atoms. The number of ether oxygens (including phenoxy) is 3. The highest BCUT2D eigenvalue weighted by Crippen LogP contribution is 2.55. The third-order valence-electron chi connectivity index (χ3n) is 5.75. The molecule has 0 amide bonds. The molecule has 4 nitrogen and oxygen atoms in total. The average Bonchev–Trinajstić information content (AvgIpc) is 3.19. The third-order valence-corrected chi connectivity index (χ3v) is 5.75. The highest BCUT2D eigenvalue weighted by atomic mass is 16.5. The van der Waals surface area contributed by atoms with Gasteiger partial charge in [0.1, 0.15) is 12.4 Å². The third kappa shape index (κ3) is 2.84. The molecule has 2 heterocycles. The number of hydrogen-bond donors (Lipinski definition) is 0. The van der Waals surface area contributed by atoms with Crippen molar-refractivity contribution in [2.24, 2.45) is 0 Å². The fourth-order valence-electron chi connectivity index (χ4n) is 4.32. The molecule has 1 atom stereocenters. The maximum Gasteiger partial charge on any atom is 0.170 e. The van der Waals surface area contributed by atoms with E-state index in [-0.39, 0.29) is 5.41 Å². The monoisotopic (exact) mass is 365 g/mol. The molecule has 1 saturated heterocycles. The van der Waals surface area contributed by atoms with Crippen molar-refractivity contribution >= 4 is 11.8 Å². The highest BCUT2D eigenvalue weighted by Gasteiger charge is 2.58. The second-order valence-electron chi connectivity index (χ2n) is 7.55. The van der Waals surface area contributed by atoms with Crippen molar-refractivity contribution in [2.75, 3.05) is 38.4 Å². The molecule has 0 aliphatic carbocycles. The molecule has 1 fully saturated rings. The minimum absolute atomic E-state index is 0.150. The summed E-state index contributed by atoms with van der Waals surface area (Å²) >= 11 is 0. The van der Waals surface area contributed by atoms with Crippen molar-refractivity contribution in [3.8, 4) is 5.75 Å². The molecular weight excluding hydrogens is 338 g/mol. The van der Waals surface area contributed by atoms with Gasteiger partial charge in [0.15, 0.2) is 5.72 Å². The highest BCUT2D eigenvalue weighted by molar-refractivity contribution is 5.70. The average molecular weight is 365 g/mol. The molecule has 2 aromatic rings. The van der Waals surface area contributed by atoms with E-state index >= 15 is 0 Å². The summed E-state index contributed by atoms with van der Waals surface area (Å²) < 4.78 is 17.4.